The molecule has 0 bridgehead atoms. The molecule has 0 aliphatic carbocycles. The van der Waals surface area contributed by atoms with E-state index in [-0.39, 0.29) is 6.04 Å². The first-order valence-electron chi connectivity index (χ1n) is 4.39. The molecule has 2 rings (SSSR count). The number of hydrazine groups is 1. The van der Waals surface area contributed by atoms with Gasteiger partial charge in [-0.15, -0.1) is 0 Å². The van der Waals surface area contributed by atoms with Gasteiger partial charge in [0, 0.05) is 13.2 Å². The number of nitrogens with one attached hydrogen (secondary N) is 1. The molecule has 2 aromatic rings. The van der Waals surface area contributed by atoms with Crippen LogP contribution < -0.4 is 11.3 Å². The van der Waals surface area contributed by atoms with E-state index in [4.69, 9.17) is 10.3 Å². The number of rotatable bonds is 3. The average Bonchev–Trinajstić information content (AvgIpc) is 2.79. The summed E-state index contributed by atoms with van der Waals surface area (Å²) >= 11 is 3.39. The Hall–Kier alpha value is -1.11. The number of aryl methyl sites for hydroxylation is 1. The number of aromatic nitrogens is 2. The highest BCUT2D eigenvalue weighted by molar-refractivity contribution is 9.10. The van der Waals surface area contributed by atoms with Gasteiger partial charge in [-0.25, -0.2) is 10.4 Å². The second-order valence-corrected chi connectivity index (χ2v) is 4.05. The number of nitrogens with two attached hydrogens (primary N) is 1. The standard InChI is InChI=1S/C9H11BrN4O/c1-14-4-7(12-5-14)8(13-11)9-6(10)2-3-15-9/h2-5,8,13H,11H2,1H3. The maximum atomic E-state index is 5.49. The third kappa shape index (κ3) is 1.97. The molecule has 0 aliphatic rings. The van der Waals surface area contributed by atoms with Crippen molar-refractivity contribution in [1.29, 1.82) is 0 Å². The number of nitrogens with zero attached hydrogens (tertiary/aromatic N) is 2. The topological polar surface area (TPSA) is 69.0 Å². The van der Waals surface area contributed by atoms with Crippen LogP contribution in [0.3, 0.4) is 0 Å². The fourth-order valence-corrected chi connectivity index (χ4v) is 1.82. The first-order chi connectivity index (χ1) is 7.22. The van der Waals surface area contributed by atoms with Crippen molar-refractivity contribution in [3.63, 3.8) is 0 Å². The molecular weight excluding hydrogens is 260 g/mol. The molecule has 6 heteroatoms. The summed E-state index contributed by atoms with van der Waals surface area (Å²) in [5, 5.41) is 0. The summed E-state index contributed by atoms with van der Waals surface area (Å²) in [6.45, 7) is 0. The number of furan rings is 1. The molecule has 80 valence electrons. The van der Waals surface area contributed by atoms with Crippen LogP contribution >= 0.6 is 15.9 Å². The zero-order valence-corrected chi connectivity index (χ0v) is 9.73. The Morgan fingerprint density at radius 2 is 2.47 bits per heavy atom. The predicted molar refractivity (Wildman–Crippen MR) is 58.8 cm³/mol. The van der Waals surface area contributed by atoms with Gasteiger partial charge >= 0.3 is 0 Å². The molecule has 5 nitrogen and oxygen atoms in total. The van der Waals surface area contributed by atoms with Gasteiger partial charge in [-0.2, -0.15) is 0 Å². The molecule has 0 amide bonds. The fraction of sp³-hybridized carbons (Fsp3) is 0.222. The normalized spacial score (nSPS) is 13.0. The molecule has 3 N–H and O–H groups in total. The molecule has 0 aliphatic heterocycles. The smallest absolute Gasteiger partial charge is 0.142 e. The van der Waals surface area contributed by atoms with Crippen LogP contribution in [-0.2, 0) is 7.05 Å². The first kappa shape index (κ1) is 10.4. The van der Waals surface area contributed by atoms with E-state index in [0.29, 0.717) is 0 Å². The number of hydrogen-bond acceptors (Lipinski definition) is 4. The van der Waals surface area contributed by atoms with Gasteiger partial charge in [0.1, 0.15) is 11.8 Å². The SMILES string of the molecule is Cn1cnc(C(NN)c2occc2Br)c1. The van der Waals surface area contributed by atoms with E-state index in [2.05, 4.69) is 26.3 Å². The molecule has 0 aromatic carbocycles. The maximum Gasteiger partial charge on any atom is 0.142 e. The molecule has 15 heavy (non-hydrogen) atoms. The zero-order valence-electron chi connectivity index (χ0n) is 8.14. The fourth-order valence-electron chi connectivity index (χ4n) is 1.39. The zero-order chi connectivity index (χ0) is 10.8. The highest BCUT2D eigenvalue weighted by Crippen LogP contribution is 2.27. The van der Waals surface area contributed by atoms with E-state index in [1.165, 1.54) is 0 Å². The van der Waals surface area contributed by atoms with Crippen molar-refractivity contribution in [2.75, 3.05) is 0 Å². The van der Waals surface area contributed by atoms with Gasteiger partial charge in [0.15, 0.2) is 0 Å². The molecule has 0 saturated carbocycles. The minimum absolute atomic E-state index is 0.240. The predicted octanol–water partition coefficient (Wildman–Crippen LogP) is 1.33. The molecular formula is C9H11BrN4O. The lowest BCUT2D eigenvalue weighted by Gasteiger charge is -2.10. The van der Waals surface area contributed by atoms with Gasteiger partial charge in [-0.05, 0) is 22.0 Å². The Bertz CT molecular complexity index is 450. The van der Waals surface area contributed by atoms with E-state index in [9.17, 15) is 0 Å². The highest BCUT2D eigenvalue weighted by Gasteiger charge is 2.20. The molecule has 1 unspecified atom stereocenters. The van der Waals surface area contributed by atoms with Crippen molar-refractivity contribution in [2.45, 2.75) is 6.04 Å². The van der Waals surface area contributed by atoms with Crippen LogP contribution in [0.1, 0.15) is 17.5 Å². The van der Waals surface area contributed by atoms with E-state index >= 15 is 0 Å². The summed E-state index contributed by atoms with van der Waals surface area (Å²) in [4.78, 5) is 4.22. The minimum Gasteiger partial charge on any atom is -0.466 e. The van der Waals surface area contributed by atoms with Gasteiger partial charge in [-0.1, -0.05) is 0 Å². The van der Waals surface area contributed by atoms with E-state index < -0.39 is 0 Å². The van der Waals surface area contributed by atoms with Crippen LogP contribution in [-0.4, -0.2) is 9.55 Å². The van der Waals surface area contributed by atoms with E-state index in [1.54, 1.807) is 12.6 Å². The van der Waals surface area contributed by atoms with Crippen LogP contribution in [0.5, 0.6) is 0 Å². The molecule has 2 aromatic heterocycles. The number of halogens is 1. The lowest BCUT2D eigenvalue weighted by molar-refractivity contribution is 0.445. The summed E-state index contributed by atoms with van der Waals surface area (Å²) in [6, 6.07) is 1.58. The van der Waals surface area contributed by atoms with Gasteiger partial charge in [0.2, 0.25) is 0 Å². The van der Waals surface area contributed by atoms with Crippen LogP contribution in [0, 0.1) is 0 Å². The largest absolute Gasteiger partial charge is 0.466 e. The number of imidazole rings is 1. The molecule has 0 fully saturated rings. The third-order valence-corrected chi connectivity index (χ3v) is 2.75. The summed E-state index contributed by atoms with van der Waals surface area (Å²) in [6.07, 6.45) is 5.21. The van der Waals surface area contributed by atoms with Crippen LogP contribution in [0.4, 0.5) is 0 Å². The highest BCUT2D eigenvalue weighted by atomic mass is 79.9. The Morgan fingerprint density at radius 3 is 2.93 bits per heavy atom. The minimum atomic E-state index is -0.240. The molecule has 0 saturated heterocycles. The molecule has 1 atom stereocenters. The van der Waals surface area contributed by atoms with Crippen molar-refractivity contribution in [1.82, 2.24) is 15.0 Å². The number of hydrogen-bond donors (Lipinski definition) is 2. The Morgan fingerprint density at radius 1 is 1.67 bits per heavy atom. The van der Waals surface area contributed by atoms with Crippen molar-refractivity contribution in [2.24, 2.45) is 12.9 Å². The summed E-state index contributed by atoms with van der Waals surface area (Å²) in [5.41, 5.74) is 3.49. The Kier molecular flexibility index (Phi) is 2.90. The van der Waals surface area contributed by atoms with Gasteiger partial charge in [0.25, 0.3) is 0 Å². The maximum absolute atomic E-state index is 5.49. The lowest BCUT2D eigenvalue weighted by atomic mass is 10.2. The Balaban J connectivity index is 2.36. The summed E-state index contributed by atoms with van der Waals surface area (Å²) < 4.78 is 8.07. The van der Waals surface area contributed by atoms with Crippen LogP contribution in [0.25, 0.3) is 0 Å². The van der Waals surface area contributed by atoms with Gasteiger partial charge in [0.05, 0.1) is 22.8 Å². The Labute approximate surface area is 95.4 Å². The van der Waals surface area contributed by atoms with Crippen molar-refractivity contribution in [3.8, 4) is 0 Å². The molecule has 2 heterocycles. The summed E-state index contributed by atoms with van der Waals surface area (Å²) in [5.74, 6) is 6.21. The van der Waals surface area contributed by atoms with E-state index in [0.717, 1.165) is 15.9 Å². The second-order valence-electron chi connectivity index (χ2n) is 3.20. The van der Waals surface area contributed by atoms with Crippen molar-refractivity contribution >= 4 is 15.9 Å². The summed E-state index contributed by atoms with van der Waals surface area (Å²) in [7, 11) is 1.90. The first-order valence-corrected chi connectivity index (χ1v) is 5.18. The van der Waals surface area contributed by atoms with Crippen molar-refractivity contribution < 1.29 is 4.42 Å². The lowest BCUT2D eigenvalue weighted by Crippen LogP contribution is -2.29. The van der Waals surface area contributed by atoms with Gasteiger partial charge < -0.3 is 8.98 Å². The average molecular weight is 271 g/mol. The van der Waals surface area contributed by atoms with Crippen LogP contribution in [0.15, 0.2) is 33.7 Å². The van der Waals surface area contributed by atoms with Crippen molar-refractivity contribution in [3.05, 3.63) is 40.8 Å². The monoisotopic (exact) mass is 270 g/mol. The second kappa shape index (κ2) is 4.18. The van der Waals surface area contributed by atoms with E-state index in [1.807, 2.05) is 23.9 Å². The quantitative estimate of drug-likeness (QED) is 0.652. The van der Waals surface area contributed by atoms with Gasteiger partial charge in [-0.3, -0.25) is 5.84 Å². The third-order valence-electron chi connectivity index (χ3n) is 2.09. The molecule has 0 radical (unpaired) electrons. The van der Waals surface area contributed by atoms with Crippen LogP contribution in [0.2, 0.25) is 0 Å². The molecule has 0 spiro atoms.